The lowest BCUT2D eigenvalue weighted by atomic mass is 9.97. The van der Waals surface area contributed by atoms with Gasteiger partial charge < -0.3 is 26.3 Å². The molecule has 40 heavy (non-hydrogen) atoms. The highest BCUT2D eigenvalue weighted by Gasteiger charge is 2.20. The molecule has 0 saturated carbocycles. The van der Waals surface area contributed by atoms with Crippen molar-refractivity contribution < 1.29 is 13.6 Å². The number of aromatic nitrogens is 1. The van der Waals surface area contributed by atoms with Gasteiger partial charge in [0.2, 0.25) is 0 Å². The topological polar surface area (TPSA) is 86.2 Å². The molecule has 0 spiro atoms. The van der Waals surface area contributed by atoms with Crippen molar-refractivity contribution in [2.75, 3.05) is 38.0 Å². The summed E-state index contributed by atoms with van der Waals surface area (Å²) in [4.78, 5) is 17.7. The molecule has 0 bridgehead atoms. The zero-order valence-corrected chi connectivity index (χ0v) is 22.6. The number of piperidine rings is 1. The standard InChI is InChI=1S/C32H35F2N5O/c1-21(40)32-31(27-18-24(33)8-11-30(27)38-32)29(35)20-36-19-22-12-15-39(16-13-22)17-14-37-25-9-6-23(7-10-25)26-4-2-3-5-28(26)34/h2-11,18,20,22,36-38H,12-17,19,35H2,1H3/b29-20-. The Labute approximate surface area is 233 Å². The number of halogens is 2. The van der Waals surface area contributed by atoms with Crippen LogP contribution in [0.1, 0.15) is 35.8 Å². The smallest absolute Gasteiger partial charge is 0.176 e. The minimum Gasteiger partial charge on any atom is -0.397 e. The third-order valence-electron chi connectivity index (χ3n) is 7.60. The number of hydrogen-bond donors (Lipinski definition) is 4. The fraction of sp³-hybridized carbons (Fsp3) is 0.281. The van der Waals surface area contributed by atoms with Crippen LogP contribution in [0.4, 0.5) is 14.5 Å². The first-order valence-electron chi connectivity index (χ1n) is 13.7. The summed E-state index contributed by atoms with van der Waals surface area (Å²) in [7, 11) is 0. The summed E-state index contributed by atoms with van der Waals surface area (Å²) in [6.07, 6.45) is 3.89. The molecule has 2 heterocycles. The minimum atomic E-state index is -0.372. The number of benzene rings is 3. The fourth-order valence-corrected chi connectivity index (χ4v) is 5.37. The van der Waals surface area contributed by atoms with Crippen LogP contribution in [0.5, 0.6) is 0 Å². The van der Waals surface area contributed by atoms with Crippen molar-refractivity contribution in [3.05, 3.63) is 95.8 Å². The Morgan fingerprint density at radius 1 is 1.07 bits per heavy atom. The van der Waals surface area contributed by atoms with Crippen LogP contribution in [-0.2, 0) is 0 Å². The maximum atomic E-state index is 14.0. The van der Waals surface area contributed by atoms with Crippen LogP contribution in [0.25, 0.3) is 27.7 Å². The number of carbonyl (C=O) groups is 1. The molecule has 5 N–H and O–H groups in total. The summed E-state index contributed by atoms with van der Waals surface area (Å²) >= 11 is 0. The fourth-order valence-electron chi connectivity index (χ4n) is 5.37. The monoisotopic (exact) mass is 543 g/mol. The Hall–Kier alpha value is -4.17. The number of nitrogens with one attached hydrogen (secondary N) is 3. The number of H-pyrrole nitrogens is 1. The van der Waals surface area contributed by atoms with E-state index >= 15 is 0 Å². The highest BCUT2D eigenvalue weighted by atomic mass is 19.1. The highest BCUT2D eigenvalue weighted by molar-refractivity contribution is 6.06. The van der Waals surface area contributed by atoms with Gasteiger partial charge in [0.15, 0.2) is 5.78 Å². The lowest BCUT2D eigenvalue weighted by Gasteiger charge is -2.32. The van der Waals surface area contributed by atoms with E-state index in [1.54, 1.807) is 24.4 Å². The van der Waals surface area contributed by atoms with Gasteiger partial charge in [-0.3, -0.25) is 4.79 Å². The number of rotatable bonds is 10. The third kappa shape index (κ3) is 6.34. The predicted molar refractivity (Wildman–Crippen MR) is 158 cm³/mol. The van der Waals surface area contributed by atoms with Gasteiger partial charge in [-0.25, -0.2) is 8.78 Å². The third-order valence-corrected chi connectivity index (χ3v) is 7.60. The Balaban J connectivity index is 1.07. The second-order valence-electron chi connectivity index (χ2n) is 10.4. The molecule has 6 nitrogen and oxygen atoms in total. The molecule has 1 aliphatic rings. The molecule has 208 valence electrons. The first-order valence-corrected chi connectivity index (χ1v) is 13.7. The zero-order valence-electron chi connectivity index (χ0n) is 22.6. The van der Waals surface area contributed by atoms with Crippen LogP contribution in [0.3, 0.4) is 0 Å². The molecule has 3 aromatic carbocycles. The molecule has 0 amide bonds. The van der Waals surface area contributed by atoms with E-state index in [4.69, 9.17) is 5.73 Å². The van der Waals surface area contributed by atoms with Gasteiger partial charge in [0, 0.05) is 60.5 Å². The van der Waals surface area contributed by atoms with Gasteiger partial charge >= 0.3 is 0 Å². The van der Waals surface area contributed by atoms with Crippen LogP contribution < -0.4 is 16.4 Å². The predicted octanol–water partition coefficient (Wildman–Crippen LogP) is 5.99. The van der Waals surface area contributed by atoms with Crippen LogP contribution >= 0.6 is 0 Å². The van der Waals surface area contributed by atoms with Gasteiger partial charge in [0.25, 0.3) is 0 Å². The number of hydrogen-bond acceptors (Lipinski definition) is 5. The van der Waals surface area contributed by atoms with E-state index in [2.05, 4.69) is 20.5 Å². The molecule has 0 radical (unpaired) electrons. The van der Waals surface area contributed by atoms with E-state index in [0.29, 0.717) is 39.3 Å². The maximum absolute atomic E-state index is 14.0. The van der Waals surface area contributed by atoms with Gasteiger partial charge in [-0.05, 0) is 73.8 Å². The SMILES string of the molecule is CC(=O)c1[nH]c2ccc(F)cc2c1/C(N)=C/NCC1CCN(CCNc2ccc(-c3ccccc3F)cc2)CC1. The molecule has 8 heteroatoms. The number of ketones is 1. The number of Topliss-reactive ketones (excluding diaryl/α,β-unsaturated/α-hetero) is 1. The highest BCUT2D eigenvalue weighted by Crippen LogP contribution is 2.28. The molecule has 0 atom stereocenters. The molecule has 5 rings (SSSR count). The number of likely N-dealkylation sites (tertiary alicyclic amines) is 1. The minimum absolute atomic E-state index is 0.149. The molecule has 1 fully saturated rings. The van der Waals surface area contributed by atoms with Crippen molar-refractivity contribution in [1.82, 2.24) is 15.2 Å². The average Bonchev–Trinajstić information content (AvgIpc) is 3.34. The Bertz CT molecular complexity index is 1500. The summed E-state index contributed by atoms with van der Waals surface area (Å²) in [6.45, 7) is 6.09. The summed E-state index contributed by atoms with van der Waals surface area (Å²) in [5.74, 6) is -0.214. The molecule has 1 saturated heterocycles. The van der Waals surface area contributed by atoms with E-state index < -0.39 is 0 Å². The van der Waals surface area contributed by atoms with Crippen LogP contribution in [-0.4, -0.2) is 48.4 Å². The summed E-state index contributed by atoms with van der Waals surface area (Å²) in [6, 6.07) is 19.1. The van der Waals surface area contributed by atoms with E-state index in [1.807, 2.05) is 30.3 Å². The Morgan fingerprint density at radius 2 is 1.82 bits per heavy atom. The van der Waals surface area contributed by atoms with Crippen LogP contribution in [0.15, 0.2) is 72.9 Å². The first kappa shape index (κ1) is 27.4. The number of carbonyl (C=O) groups excluding carboxylic acids is 1. The van der Waals surface area contributed by atoms with Crippen molar-refractivity contribution in [3.8, 4) is 11.1 Å². The van der Waals surface area contributed by atoms with Gasteiger partial charge in [-0.1, -0.05) is 30.3 Å². The molecular formula is C32H35F2N5O. The van der Waals surface area contributed by atoms with Crippen molar-refractivity contribution >= 4 is 28.1 Å². The van der Waals surface area contributed by atoms with E-state index in [1.165, 1.54) is 25.1 Å². The van der Waals surface area contributed by atoms with Crippen molar-refractivity contribution in [2.24, 2.45) is 11.7 Å². The number of fused-ring (bicyclic) bond motifs is 1. The summed E-state index contributed by atoms with van der Waals surface area (Å²) in [5, 5.41) is 7.39. The number of aromatic amines is 1. The molecule has 1 aliphatic heterocycles. The van der Waals surface area contributed by atoms with E-state index in [-0.39, 0.29) is 17.4 Å². The lowest BCUT2D eigenvalue weighted by molar-refractivity contribution is 0.101. The second kappa shape index (κ2) is 12.3. The Morgan fingerprint density at radius 3 is 2.55 bits per heavy atom. The zero-order chi connectivity index (χ0) is 28.1. The first-order chi connectivity index (χ1) is 19.4. The summed E-state index contributed by atoms with van der Waals surface area (Å²) in [5.41, 5.74) is 10.9. The van der Waals surface area contributed by atoms with E-state index in [0.717, 1.165) is 56.8 Å². The quantitative estimate of drug-likeness (QED) is 0.185. The second-order valence-corrected chi connectivity index (χ2v) is 10.4. The van der Waals surface area contributed by atoms with Gasteiger partial charge in [0.1, 0.15) is 11.6 Å². The molecule has 4 aromatic rings. The number of nitrogens with zero attached hydrogens (tertiary/aromatic N) is 1. The van der Waals surface area contributed by atoms with Gasteiger partial charge in [-0.2, -0.15) is 0 Å². The largest absolute Gasteiger partial charge is 0.397 e. The number of nitrogens with two attached hydrogens (primary N) is 1. The molecular weight excluding hydrogens is 508 g/mol. The van der Waals surface area contributed by atoms with Crippen LogP contribution in [0.2, 0.25) is 0 Å². The van der Waals surface area contributed by atoms with Gasteiger partial charge in [0.05, 0.1) is 11.4 Å². The van der Waals surface area contributed by atoms with Gasteiger partial charge in [-0.15, -0.1) is 0 Å². The lowest BCUT2D eigenvalue weighted by Crippen LogP contribution is -2.39. The van der Waals surface area contributed by atoms with E-state index in [9.17, 15) is 13.6 Å². The average molecular weight is 544 g/mol. The normalized spacial score (nSPS) is 14.9. The molecule has 0 unspecified atom stereocenters. The molecule has 1 aromatic heterocycles. The summed E-state index contributed by atoms with van der Waals surface area (Å²) < 4.78 is 27.9. The number of anilines is 1. The van der Waals surface area contributed by atoms with Crippen molar-refractivity contribution in [1.29, 1.82) is 0 Å². The van der Waals surface area contributed by atoms with Crippen molar-refractivity contribution in [2.45, 2.75) is 19.8 Å². The maximum Gasteiger partial charge on any atom is 0.176 e. The van der Waals surface area contributed by atoms with Crippen molar-refractivity contribution in [3.63, 3.8) is 0 Å². The van der Waals surface area contributed by atoms with Crippen LogP contribution in [0, 0.1) is 17.6 Å². The Kier molecular flexibility index (Phi) is 8.45. The molecule has 0 aliphatic carbocycles.